The Kier molecular flexibility index (Phi) is 8.06. The zero-order valence-electron chi connectivity index (χ0n) is 17.0. The van der Waals surface area contributed by atoms with Crippen LogP contribution >= 0.6 is 15.9 Å². The molecule has 5 nitrogen and oxygen atoms in total. The van der Waals surface area contributed by atoms with E-state index in [1.165, 1.54) is 0 Å². The molecule has 0 aromatic heterocycles. The van der Waals surface area contributed by atoms with Crippen LogP contribution in [0.15, 0.2) is 28.7 Å². The van der Waals surface area contributed by atoms with Crippen molar-refractivity contribution >= 4 is 30.7 Å². The molecule has 0 radical (unpaired) electrons. The number of carbonyl (C=O) groups is 1. The molecular weight excluding hydrogens is 428 g/mol. The predicted octanol–water partition coefficient (Wildman–Crippen LogP) is 5.06. The Morgan fingerprint density at radius 1 is 1.00 bits per heavy atom. The smallest absolute Gasteiger partial charge is 0.461 e. The Hall–Kier alpha value is -0.733. The summed E-state index contributed by atoms with van der Waals surface area (Å²) < 4.78 is 25.0. The molecule has 27 heavy (non-hydrogen) atoms. The third-order valence-corrected chi connectivity index (χ3v) is 8.23. The summed E-state index contributed by atoms with van der Waals surface area (Å²) in [5.41, 5.74) is 0.963. The molecule has 1 heterocycles. The lowest BCUT2D eigenvalue weighted by molar-refractivity contribution is -0.175. The number of hydrogen-bond acceptors (Lipinski definition) is 5. The van der Waals surface area contributed by atoms with Gasteiger partial charge in [0.05, 0.1) is 0 Å². The summed E-state index contributed by atoms with van der Waals surface area (Å²) in [6.45, 7) is 11.9. The number of esters is 1. The second-order valence-corrected chi connectivity index (χ2v) is 11.1. The van der Waals surface area contributed by atoms with Gasteiger partial charge in [-0.25, -0.2) is 0 Å². The first-order valence-electron chi connectivity index (χ1n) is 9.62. The van der Waals surface area contributed by atoms with Crippen molar-refractivity contribution in [2.75, 3.05) is 0 Å². The van der Waals surface area contributed by atoms with Crippen LogP contribution in [0, 0.1) is 0 Å². The fourth-order valence-electron chi connectivity index (χ4n) is 3.31. The number of hydrogen-bond donors (Lipinski definition) is 0. The quantitative estimate of drug-likeness (QED) is 0.362. The molecule has 1 aliphatic rings. The molecule has 2 atom stereocenters. The second kappa shape index (κ2) is 9.65. The average molecular weight is 459 g/mol. The summed E-state index contributed by atoms with van der Waals surface area (Å²) in [6.07, 6.45) is 0.452. The van der Waals surface area contributed by atoms with E-state index in [1.54, 1.807) is 0 Å². The van der Waals surface area contributed by atoms with Gasteiger partial charge >= 0.3 is 14.8 Å². The van der Waals surface area contributed by atoms with E-state index in [-0.39, 0.29) is 36.3 Å². The molecule has 0 amide bonds. The first-order valence-corrected chi connectivity index (χ1v) is 12.3. The molecule has 0 aliphatic carbocycles. The van der Waals surface area contributed by atoms with Gasteiger partial charge in [-0.3, -0.25) is 4.79 Å². The summed E-state index contributed by atoms with van der Waals surface area (Å²) in [5, 5.41) is 0. The SMILES string of the molecule is CC(C)O[Si](CCC1OC(=O)C1c1ccccc1Br)(OC(C)C)OC(C)C. The van der Waals surface area contributed by atoms with Crippen molar-refractivity contribution in [3.63, 3.8) is 0 Å². The number of carbonyl (C=O) groups excluding carboxylic acids is 1. The van der Waals surface area contributed by atoms with E-state index in [9.17, 15) is 4.79 Å². The van der Waals surface area contributed by atoms with Crippen LogP contribution in [0.5, 0.6) is 0 Å². The Bertz CT molecular complexity index is 608. The largest absolute Gasteiger partial charge is 0.501 e. The van der Waals surface area contributed by atoms with E-state index in [2.05, 4.69) is 15.9 Å². The number of benzene rings is 1. The molecule has 0 saturated carbocycles. The van der Waals surface area contributed by atoms with Crippen LogP contribution in [-0.4, -0.2) is 39.2 Å². The molecule has 1 fully saturated rings. The highest BCUT2D eigenvalue weighted by atomic mass is 79.9. The van der Waals surface area contributed by atoms with Crippen molar-refractivity contribution in [1.29, 1.82) is 0 Å². The highest BCUT2D eigenvalue weighted by molar-refractivity contribution is 9.10. The Labute approximate surface area is 172 Å². The molecule has 0 spiro atoms. The van der Waals surface area contributed by atoms with Crippen LogP contribution in [-0.2, 0) is 22.8 Å². The van der Waals surface area contributed by atoms with Crippen molar-refractivity contribution in [2.24, 2.45) is 0 Å². The van der Waals surface area contributed by atoms with Gasteiger partial charge in [-0.15, -0.1) is 0 Å². The van der Waals surface area contributed by atoms with Crippen LogP contribution in [0.3, 0.4) is 0 Å². The first kappa shape index (κ1) is 22.6. The molecule has 1 saturated heterocycles. The van der Waals surface area contributed by atoms with Crippen molar-refractivity contribution in [2.45, 2.75) is 84.3 Å². The lowest BCUT2D eigenvalue weighted by Gasteiger charge is -2.39. The van der Waals surface area contributed by atoms with E-state index in [0.717, 1.165) is 10.0 Å². The van der Waals surface area contributed by atoms with Gasteiger partial charge < -0.3 is 18.0 Å². The lowest BCUT2D eigenvalue weighted by atomic mass is 9.87. The number of ether oxygens (including phenoxy) is 1. The molecule has 0 N–H and O–H groups in total. The maximum absolute atomic E-state index is 12.1. The zero-order valence-corrected chi connectivity index (χ0v) is 19.6. The molecule has 152 valence electrons. The monoisotopic (exact) mass is 458 g/mol. The van der Waals surface area contributed by atoms with E-state index < -0.39 is 8.80 Å². The Morgan fingerprint density at radius 3 is 1.96 bits per heavy atom. The van der Waals surface area contributed by atoms with Gasteiger partial charge in [0.15, 0.2) is 0 Å². The molecule has 2 unspecified atom stereocenters. The van der Waals surface area contributed by atoms with Gasteiger partial charge in [-0.05, 0) is 59.6 Å². The minimum atomic E-state index is -2.90. The van der Waals surface area contributed by atoms with Crippen LogP contribution in [0.25, 0.3) is 0 Å². The van der Waals surface area contributed by atoms with Crippen molar-refractivity contribution in [3.05, 3.63) is 34.3 Å². The van der Waals surface area contributed by atoms with Gasteiger partial charge in [0.25, 0.3) is 0 Å². The van der Waals surface area contributed by atoms with Crippen LogP contribution in [0.1, 0.15) is 59.4 Å². The fraction of sp³-hybridized carbons (Fsp3) is 0.650. The van der Waals surface area contributed by atoms with Crippen molar-refractivity contribution in [1.82, 2.24) is 0 Å². The normalized spacial score (nSPS) is 20.3. The first-order chi connectivity index (χ1) is 12.6. The summed E-state index contributed by atoms with van der Waals surface area (Å²) in [4.78, 5) is 12.1. The average Bonchev–Trinajstić information content (AvgIpc) is 2.51. The fourth-order valence-corrected chi connectivity index (χ4v) is 7.15. The standard InChI is InChI=1S/C20H31BrO5Si/c1-13(2)24-27(25-14(3)4,26-15(5)6)12-11-18-19(20(22)23-18)16-9-7-8-10-17(16)21/h7-10,13-15,18-19H,11-12H2,1-6H3. The minimum Gasteiger partial charge on any atom is -0.461 e. The van der Waals surface area contributed by atoms with E-state index in [1.807, 2.05) is 65.8 Å². The zero-order chi connectivity index (χ0) is 20.2. The molecule has 1 aliphatic heterocycles. The Morgan fingerprint density at radius 2 is 1.52 bits per heavy atom. The van der Waals surface area contributed by atoms with Gasteiger partial charge in [-0.1, -0.05) is 34.1 Å². The summed E-state index contributed by atoms with van der Waals surface area (Å²) in [7, 11) is -2.90. The van der Waals surface area contributed by atoms with Crippen molar-refractivity contribution < 1.29 is 22.8 Å². The van der Waals surface area contributed by atoms with E-state index in [0.29, 0.717) is 12.5 Å². The maximum atomic E-state index is 12.1. The van der Waals surface area contributed by atoms with Gasteiger partial charge in [0.1, 0.15) is 12.0 Å². The molecular formula is C20H31BrO5Si. The molecule has 7 heteroatoms. The highest BCUT2D eigenvalue weighted by Crippen LogP contribution is 2.40. The van der Waals surface area contributed by atoms with Crippen molar-refractivity contribution in [3.8, 4) is 0 Å². The third-order valence-electron chi connectivity index (χ3n) is 4.11. The molecule has 1 aromatic rings. The number of rotatable bonds is 10. The number of cyclic esters (lactones) is 1. The van der Waals surface area contributed by atoms with Crippen LogP contribution < -0.4 is 0 Å². The Balaban J connectivity index is 2.15. The highest BCUT2D eigenvalue weighted by Gasteiger charge is 2.49. The topological polar surface area (TPSA) is 54.0 Å². The number of halogens is 1. The predicted molar refractivity (Wildman–Crippen MR) is 111 cm³/mol. The minimum absolute atomic E-state index is 0.00262. The van der Waals surface area contributed by atoms with Gasteiger partial charge in [-0.2, -0.15) is 0 Å². The third kappa shape index (κ3) is 6.12. The lowest BCUT2D eigenvalue weighted by Crippen LogP contribution is -2.52. The maximum Gasteiger partial charge on any atom is 0.501 e. The van der Waals surface area contributed by atoms with Crippen LogP contribution in [0.4, 0.5) is 0 Å². The summed E-state index contributed by atoms with van der Waals surface area (Å²) in [5.74, 6) is -0.442. The van der Waals surface area contributed by atoms with E-state index >= 15 is 0 Å². The molecule has 0 bridgehead atoms. The summed E-state index contributed by atoms with van der Waals surface area (Å²) in [6, 6.07) is 8.40. The van der Waals surface area contributed by atoms with Gasteiger partial charge in [0.2, 0.25) is 0 Å². The van der Waals surface area contributed by atoms with Crippen LogP contribution in [0.2, 0.25) is 6.04 Å². The molecule has 1 aromatic carbocycles. The second-order valence-electron chi connectivity index (χ2n) is 7.70. The summed E-state index contributed by atoms with van der Waals surface area (Å²) >= 11 is 3.54. The molecule has 2 rings (SSSR count). The van der Waals surface area contributed by atoms with E-state index in [4.69, 9.17) is 18.0 Å². The van der Waals surface area contributed by atoms with Gasteiger partial charge in [0, 0.05) is 28.8 Å².